The molecular weight excluding hydrogens is 364 g/mol. The standard InChI is InChI=1S/C20H26N2O4S/c1-14(2)13-22(4)20(23)16-7-6-15(3)19(12-16)27(24,25)21-17-8-10-18(26-5)11-9-17/h6-12,14,21H,13H2,1-5H3. The van der Waals surface area contributed by atoms with Crippen LogP contribution in [0.4, 0.5) is 5.69 Å². The van der Waals surface area contributed by atoms with Crippen LogP contribution in [0.1, 0.15) is 29.8 Å². The number of carbonyl (C=O) groups excluding carboxylic acids is 1. The molecule has 0 aliphatic carbocycles. The summed E-state index contributed by atoms with van der Waals surface area (Å²) in [6.07, 6.45) is 0. The molecule has 0 unspecified atom stereocenters. The number of nitrogens with zero attached hydrogens (tertiary/aromatic N) is 1. The van der Waals surface area contributed by atoms with E-state index in [1.165, 1.54) is 6.07 Å². The lowest BCUT2D eigenvalue weighted by Crippen LogP contribution is -2.30. The Bertz CT molecular complexity index is 906. The van der Waals surface area contributed by atoms with Gasteiger partial charge in [0.25, 0.3) is 15.9 Å². The first-order valence-corrected chi connectivity index (χ1v) is 10.2. The third kappa shape index (κ3) is 5.23. The van der Waals surface area contributed by atoms with E-state index in [2.05, 4.69) is 4.72 Å². The lowest BCUT2D eigenvalue weighted by Gasteiger charge is -2.20. The van der Waals surface area contributed by atoms with Crippen molar-refractivity contribution in [2.75, 3.05) is 25.4 Å². The molecule has 146 valence electrons. The molecule has 0 aliphatic heterocycles. The molecule has 0 atom stereocenters. The van der Waals surface area contributed by atoms with Gasteiger partial charge in [0.05, 0.1) is 12.0 Å². The summed E-state index contributed by atoms with van der Waals surface area (Å²) in [6.45, 7) is 6.34. The van der Waals surface area contributed by atoms with Crippen LogP contribution in [0.25, 0.3) is 0 Å². The van der Waals surface area contributed by atoms with E-state index in [1.54, 1.807) is 62.4 Å². The van der Waals surface area contributed by atoms with Gasteiger partial charge in [-0.25, -0.2) is 8.42 Å². The van der Waals surface area contributed by atoms with Gasteiger partial charge in [0.2, 0.25) is 0 Å². The van der Waals surface area contributed by atoms with Gasteiger partial charge in [0.1, 0.15) is 5.75 Å². The predicted molar refractivity (Wildman–Crippen MR) is 107 cm³/mol. The molecule has 27 heavy (non-hydrogen) atoms. The number of methoxy groups -OCH3 is 1. The maximum absolute atomic E-state index is 12.8. The van der Waals surface area contributed by atoms with Crippen molar-refractivity contribution in [2.24, 2.45) is 5.92 Å². The van der Waals surface area contributed by atoms with E-state index < -0.39 is 10.0 Å². The van der Waals surface area contributed by atoms with Gasteiger partial charge in [-0.3, -0.25) is 9.52 Å². The molecule has 2 aromatic carbocycles. The summed E-state index contributed by atoms with van der Waals surface area (Å²) < 4.78 is 33.3. The highest BCUT2D eigenvalue weighted by Crippen LogP contribution is 2.23. The summed E-state index contributed by atoms with van der Waals surface area (Å²) in [5.41, 5.74) is 1.33. The fourth-order valence-electron chi connectivity index (χ4n) is 2.74. The number of nitrogens with one attached hydrogen (secondary N) is 1. The second kappa shape index (κ2) is 8.43. The Kier molecular flexibility index (Phi) is 6.49. The van der Waals surface area contributed by atoms with E-state index in [1.807, 2.05) is 13.8 Å². The number of carbonyl (C=O) groups is 1. The number of ether oxygens (including phenoxy) is 1. The minimum atomic E-state index is -3.83. The molecule has 7 heteroatoms. The van der Waals surface area contributed by atoms with Gasteiger partial charge < -0.3 is 9.64 Å². The van der Waals surface area contributed by atoms with Crippen LogP contribution in [0.2, 0.25) is 0 Å². The Morgan fingerprint density at radius 2 is 1.78 bits per heavy atom. The van der Waals surface area contributed by atoms with Crippen molar-refractivity contribution in [3.05, 3.63) is 53.6 Å². The smallest absolute Gasteiger partial charge is 0.262 e. The molecule has 0 spiro atoms. The molecule has 1 amide bonds. The third-order valence-electron chi connectivity index (χ3n) is 4.05. The maximum atomic E-state index is 12.8. The lowest BCUT2D eigenvalue weighted by atomic mass is 10.1. The Labute approximate surface area is 161 Å². The number of amides is 1. The average Bonchev–Trinajstić information content (AvgIpc) is 2.61. The SMILES string of the molecule is COc1ccc(NS(=O)(=O)c2cc(C(=O)N(C)CC(C)C)ccc2C)cc1. The van der Waals surface area contributed by atoms with Crippen LogP contribution in [0, 0.1) is 12.8 Å². The summed E-state index contributed by atoms with van der Waals surface area (Å²) in [5.74, 6) is 0.754. The van der Waals surface area contributed by atoms with E-state index in [0.717, 1.165) is 0 Å². The quantitative estimate of drug-likeness (QED) is 0.785. The minimum Gasteiger partial charge on any atom is -0.497 e. The number of sulfonamides is 1. The van der Waals surface area contributed by atoms with E-state index in [4.69, 9.17) is 4.74 Å². The van der Waals surface area contributed by atoms with Crippen LogP contribution >= 0.6 is 0 Å². The monoisotopic (exact) mass is 390 g/mol. The summed E-state index contributed by atoms with van der Waals surface area (Å²) in [4.78, 5) is 14.3. The van der Waals surface area contributed by atoms with Gasteiger partial charge in [0, 0.05) is 24.8 Å². The Hall–Kier alpha value is -2.54. The molecule has 2 rings (SSSR count). The normalized spacial score (nSPS) is 11.3. The number of hydrogen-bond donors (Lipinski definition) is 1. The van der Waals surface area contributed by atoms with Crippen molar-refractivity contribution in [3.63, 3.8) is 0 Å². The number of benzene rings is 2. The molecule has 0 heterocycles. The highest BCUT2D eigenvalue weighted by atomic mass is 32.2. The first kappa shape index (κ1) is 20.8. The molecule has 6 nitrogen and oxygen atoms in total. The van der Waals surface area contributed by atoms with Crippen LogP contribution in [0.15, 0.2) is 47.4 Å². The van der Waals surface area contributed by atoms with Crippen molar-refractivity contribution in [2.45, 2.75) is 25.7 Å². The van der Waals surface area contributed by atoms with Gasteiger partial charge in [-0.15, -0.1) is 0 Å². The van der Waals surface area contributed by atoms with Crippen molar-refractivity contribution in [3.8, 4) is 5.75 Å². The fraction of sp³-hybridized carbons (Fsp3) is 0.350. The molecular formula is C20H26N2O4S. The van der Waals surface area contributed by atoms with Crippen molar-refractivity contribution in [1.29, 1.82) is 0 Å². The summed E-state index contributed by atoms with van der Waals surface area (Å²) in [7, 11) is -0.573. The van der Waals surface area contributed by atoms with Crippen molar-refractivity contribution in [1.82, 2.24) is 4.90 Å². The lowest BCUT2D eigenvalue weighted by molar-refractivity contribution is 0.0779. The molecule has 1 N–H and O–H groups in total. The zero-order valence-electron chi connectivity index (χ0n) is 16.3. The first-order valence-electron chi connectivity index (χ1n) is 8.67. The van der Waals surface area contributed by atoms with Gasteiger partial charge in [-0.05, 0) is 54.8 Å². The number of aryl methyl sites for hydroxylation is 1. The van der Waals surface area contributed by atoms with Crippen molar-refractivity contribution >= 4 is 21.6 Å². The van der Waals surface area contributed by atoms with Crippen LogP contribution < -0.4 is 9.46 Å². The van der Waals surface area contributed by atoms with Gasteiger partial charge in [-0.2, -0.15) is 0 Å². The van der Waals surface area contributed by atoms with E-state index in [-0.39, 0.29) is 10.8 Å². The fourth-order valence-corrected chi connectivity index (χ4v) is 4.07. The number of anilines is 1. The summed E-state index contributed by atoms with van der Waals surface area (Å²) in [6, 6.07) is 11.3. The van der Waals surface area contributed by atoms with Crippen LogP contribution in [-0.2, 0) is 10.0 Å². The predicted octanol–water partition coefficient (Wildman–Crippen LogP) is 3.53. The molecule has 0 saturated carbocycles. The van der Waals surface area contributed by atoms with Crippen LogP contribution in [0.5, 0.6) is 5.75 Å². The van der Waals surface area contributed by atoms with Crippen LogP contribution in [0.3, 0.4) is 0 Å². The van der Waals surface area contributed by atoms with Gasteiger partial charge in [-0.1, -0.05) is 19.9 Å². The maximum Gasteiger partial charge on any atom is 0.262 e. The van der Waals surface area contributed by atoms with Crippen LogP contribution in [-0.4, -0.2) is 39.9 Å². The molecule has 0 bridgehead atoms. The third-order valence-corrected chi connectivity index (χ3v) is 5.58. The second-order valence-corrected chi connectivity index (χ2v) is 8.54. The highest BCUT2D eigenvalue weighted by Gasteiger charge is 2.21. The Morgan fingerprint density at radius 3 is 2.33 bits per heavy atom. The molecule has 0 saturated heterocycles. The topological polar surface area (TPSA) is 75.7 Å². The number of hydrogen-bond acceptors (Lipinski definition) is 4. The van der Waals surface area contributed by atoms with Crippen molar-refractivity contribution < 1.29 is 17.9 Å². The highest BCUT2D eigenvalue weighted by molar-refractivity contribution is 7.92. The van der Waals surface area contributed by atoms with E-state index >= 15 is 0 Å². The Morgan fingerprint density at radius 1 is 1.15 bits per heavy atom. The summed E-state index contributed by atoms with van der Waals surface area (Å²) >= 11 is 0. The molecule has 0 radical (unpaired) electrons. The largest absolute Gasteiger partial charge is 0.497 e. The zero-order valence-corrected chi connectivity index (χ0v) is 17.1. The molecule has 2 aromatic rings. The van der Waals surface area contributed by atoms with E-state index in [0.29, 0.717) is 35.0 Å². The van der Waals surface area contributed by atoms with Gasteiger partial charge in [0.15, 0.2) is 0 Å². The molecule has 0 aliphatic rings. The van der Waals surface area contributed by atoms with E-state index in [9.17, 15) is 13.2 Å². The molecule has 0 fully saturated rings. The average molecular weight is 391 g/mol. The zero-order chi connectivity index (χ0) is 20.2. The number of rotatable bonds is 7. The second-order valence-electron chi connectivity index (χ2n) is 6.89. The van der Waals surface area contributed by atoms with Gasteiger partial charge >= 0.3 is 0 Å². The Balaban J connectivity index is 2.31. The molecule has 0 aromatic heterocycles. The first-order chi connectivity index (χ1) is 12.6. The minimum absolute atomic E-state index is 0.0853. The summed E-state index contributed by atoms with van der Waals surface area (Å²) in [5, 5.41) is 0.